The van der Waals surface area contributed by atoms with Crippen molar-refractivity contribution in [3.63, 3.8) is 0 Å². The summed E-state index contributed by atoms with van der Waals surface area (Å²) in [6.07, 6.45) is 0. The first kappa shape index (κ1) is 18.2. The van der Waals surface area contributed by atoms with Gasteiger partial charge in [0.05, 0.1) is 6.54 Å². The Kier molecular flexibility index (Phi) is 6.61. The van der Waals surface area contributed by atoms with Gasteiger partial charge in [-0.15, -0.1) is 24.0 Å². The number of hydrogen-bond acceptors (Lipinski definition) is 2. The Morgan fingerprint density at radius 1 is 1.27 bits per heavy atom. The molecule has 0 saturated carbocycles. The van der Waals surface area contributed by atoms with Crippen molar-refractivity contribution in [1.82, 2.24) is 4.57 Å². The topological polar surface area (TPSA) is 72.4 Å². The summed E-state index contributed by atoms with van der Waals surface area (Å²) < 4.78 is 1.61. The van der Waals surface area contributed by atoms with Gasteiger partial charge in [0.1, 0.15) is 0 Å². The Labute approximate surface area is 147 Å². The van der Waals surface area contributed by atoms with Crippen molar-refractivity contribution in [1.29, 1.82) is 0 Å². The molecule has 0 bridgehead atoms. The second-order valence-corrected chi connectivity index (χ2v) is 5.06. The van der Waals surface area contributed by atoms with Crippen LogP contribution in [0.25, 0.3) is 0 Å². The van der Waals surface area contributed by atoms with Gasteiger partial charge in [-0.2, -0.15) is 0 Å². The molecule has 0 aliphatic rings. The van der Waals surface area contributed by atoms with E-state index in [9.17, 15) is 4.79 Å². The fourth-order valence-electron chi connectivity index (χ4n) is 1.98. The van der Waals surface area contributed by atoms with Gasteiger partial charge in [-0.1, -0.05) is 12.1 Å². The summed E-state index contributed by atoms with van der Waals surface area (Å²) in [6.45, 7) is 4.16. The van der Waals surface area contributed by atoms with Gasteiger partial charge in [0.2, 0.25) is 0 Å². The van der Waals surface area contributed by atoms with E-state index in [2.05, 4.69) is 10.3 Å². The molecule has 0 spiro atoms. The number of rotatable bonds is 3. The largest absolute Gasteiger partial charge is 0.370 e. The van der Waals surface area contributed by atoms with E-state index in [1.54, 1.807) is 17.7 Å². The van der Waals surface area contributed by atoms with Crippen LogP contribution in [0.3, 0.4) is 0 Å². The maximum absolute atomic E-state index is 12.0. The summed E-state index contributed by atoms with van der Waals surface area (Å²) in [4.78, 5) is 16.3. The van der Waals surface area contributed by atoms with Crippen molar-refractivity contribution in [2.75, 3.05) is 5.32 Å². The predicted octanol–water partition coefficient (Wildman–Crippen LogP) is 2.55. The maximum atomic E-state index is 12.0. The van der Waals surface area contributed by atoms with Crippen molar-refractivity contribution in [3.05, 3.63) is 63.6 Å². The van der Waals surface area contributed by atoms with E-state index in [0.29, 0.717) is 11.5 Å². The summed E-state index contributed by atoms with van der Waals surface area (Å²) in [6, 6.07) is 11.5. The Balaban J connectivity index is 0.00000242. The minimum absolute atomic E-state index is 0. The van der Waals surface area contributed by atoms with Crippen molar-refractivity contribution < 1.29 is 0 Å². The second kappa shape index (κ2) is 7.98. The highest BCUT2D eigenvalue weighted by atomic mass is 127. The van der Waals surface area contributed by atoms with Crippen LogP contribution in [0.2, 0.25) is 0 Å². The number of benzene rings is 1. The number of anilines is 1. The molecular formula is C16H21IN4O. The standard InChI is InChI=1S/C16H20N4O.HI/c1-11-5-4-6-14(9-11)19-16(17)18-10-13-8-7-12(2)20(3)15(13)21;/h4-9H,10H2,1-3H3,(H3,17,18,19);1H. The van der Waals surface area contributed by atoms with Gasteiger partial charge in [0.25, 0.3) is 5.56 Å². The highest BCUT2D eigenvalue weighted by Crippen LogP contribution is 2.09. The van der Waals surface area contributed by atoms with Crippen molar-refractivity contribution >= 4 is 35.6 Å². The lowest BCUT2D eigenvalue weighted by Crippen LogP contribution is -2.25. The average Bonchev–Trinajstić information content (AvgIpc) is 2.44. The molecule has 1 aromatic carbocycles. The number of guanidine groups is 1. The molecule has 0 fully saturated rings. The molecule has 5 nitrogen and oxygen atoms in total. The molecule has 2 aromatic rings. The van der Waals surface area contributed by atoms with E-state index in [1.165, 1.54) is 0 Å². The van der Waals surface area contributed by atoms with Gasteiger partial charge < -0.3 is 15.6 Å². The number of halogens is 1. The molecule has 2 rings (SSSR count). The zero-order valence-electron chi connectivity index (χ0n) is 13.0. The normalized spacial score (nSPS) is 11.0. The molecule has 1 heterocycles. The third-order valence-corrected chi connectivity index (χ3v) is 3.34. The number of aromatic nitrogens is 1. The van der Waals surface area contributed by atoms with Gasteiger partial charge in [0.15, 0.2) is 5.96 Å². The molecule has 118 valence electrons. The molecule has 0 aliphatic carbocycles. The predicted molar refractivity (Wildman–Crippen MR) is 102 cm³/mol. The summed E-state index contributed by atoms with van der Waals surface area (Å²) in [5.74, 6) is 0.295. The lowest BCUT2D eigenvalue weighted by molar-refractivity contribution is 0.795. The second-order valence-electron chi connectivity index (χ2n) is 5.06. The molecule has 6 heteroatoms. The van der Waals surface area contributed by atoms with E-state index in [-0.39, 0.29) is 36.1 Å². The lowest BCUT2D eigenvalue weighted by atomic mass is 10.2. The molecular weight excluding hydrogens is 391 g/mol. The van der Waals surface area contributed by atoms with Crippen LogP contribution < -0.4 is 16.6 Å². The average molecular weight is 412 g/mol. The minimum atomic E-state index is -0.0397. The molecule has 0 radical (unpaired) electrons. The molecule has 0 atom stereocenters. The number of aliphatic imine (C=N–C) groups is 1. The first-order chi connectivity index (χ1) is 9.97. The lowest BCUT2D eigenvalue weighted by Gasteiger charge is -2.07. The quantitative estimate of drug-likeness (QED) is 0.463. The minimum Gasteiger partial charge on any atom is -0.370 e. The maximum Gasteiger partial charge on any atom is 0.255 e. The van der Waals surface area contributed by atoms with Crippen LogP contribution in [0, 0.1) is 13.8 Å². The number of nitrogens with zero attached hydrogens (tertiary/aromatic N) is 2. The molecule has 0 aliphatic heterocycles. The SMILES string of the molecule is Cc1cccc(NC(N)=NCc2ccc(C)n(C)c2=O)c1.I. The monoisotopic (exact) mass is 412 g/mol. The van der Waals surface area contributed by atoms with E-state index >= 15 is 0 Å². The Hall–Kier alpha value is -1.83. The van der Waals surface area contributed by atoms with Gasteiger partial charge in [-0.25, -0.2) is 4.99 Å². The molecule has 0 saturated heterocycles. The Morgan fingerprint density at radius 3 is 2.68 bits per heavy atom. The number of pyridine rings is 1. The number of aryl methyl sites for hydroxylation is 2. The molecule has 0 amide bonds. The van der Waals surface area contributed by atoms with E-state index in [4.69, 9.17) is 5.73 Å². The number of nitrogens with two attached hydrogens (primary N) is 1. The van der Waals surface area contributed by atoms with Crippen molar-refractivity contribution in [2.24, 2.45) is 17.8 Å². The Morgan fingerprint density at radius 2 is 2.00 bits per heavy atom. The van der Waals surface area contributed by atoms with Crippen LogP contribution in [-0.2, 0) is 13.6 Å². The van der Waals surface area contributed by atoms with Gasteiger partial charge >= 0.3 is 0 Å². The summed E-state index contributed by atoms with van der Waals surface area (Å²) in [5.41, 5.74) is 9.37. The summed E-state index contributed by atoms with van der Waals surface area (Å²) >= 11 is 0. The molecule has 0 unspecified atom stereocenters. The van der Waals surface area contributed by atoms with Crippen molar-refractivity contribution in [2.45, 2.75) is 20.4 Å². The van der Waals surface area contributed by atoms with Crippen LogP contribution in [-0.4, -0.2) is 10.5 Å². The zero-order valence-corrected chi connectivity index (χ0v) is 15.3. The fourth-order valence-corrected chi connectivity index (χ4v) is 1.98. The molecule has 1 aromatic heterocycles. The fraction of sp³-hybridized carbons (Fsp3) is 0.250. The number of hydrogen-bond donors (Lipinski definition) is 2. The third kappa shape index (κ3) is 4.59. The van der Waals surface area contributed by atoms with Gasteiger partial charge in [0, 0.05) is 24.0 Å². The Bertz CT molecular complexity index is 737. The van der Waals surface area contributed by atoms with Crippen LogP contribution in [0.15, 0.2) is 46.2 Å². The number of nitrogens with one attached hydrogen (secondary N) is 1. The molecule has 3 N–H and O–H groups in total. The van der Waals surface area contributed by atoms with Gasteiger partial charge in [-0.05, 0) is 43.7 Å². The first-order valence-corrected chi connectivity index (χ1v) is 6.76. The summed E-state index contributed by atoms with van der Waals surface area (Å²) in [5, 5.41) is 3.02. The van der Waals surface area contributed by atoms with E-state index < -0.39 is 0 Å². The van der Waals surface area contributed by atoms with Crippen LogP contribution in [0.4, 0.5) is 5.69 Å². The van der Waals surface area contributed by atoms with Gasteiger partial charge in [-0.3, -0.25) is 4.79 Å². The summed E-state index contributed by atoms with van der Waals surface area (Å²) in [7, 11) is 1.75. The third-order valence-electron chi connectivity index (χ3n) is 3.34. The van der Waals surface area contributed by atoms with E-state index in [1.807, 2.05) is 44.2 Å². The van der Waals surface area contributed by atoms with Crippen LogP contribution >= 0.6 is 24.0 Å². The first-order valence-electron chi connectivity index (χ1n) is 6.76. The zero-order chi connectivity index (χ0) is 15.4. The van der Waals surface area contributed by atoms with Crippen LogP contribution in [0.1, 0.15) is 16.8 Å². The smallest absolute Gasteiger partial charge is 0.255 e. The van der Waals surface area contributed by atoms with Crippen molar-refractivity contribution in [3.8, 4) is 0 Å². The van der Waals surface area contributed by atoms with Crippen LogP contribution in [0.5, 0.6) is 0 Å². The highest BCUT2D eigenvalue weighted by molar-refractivity contribution is 14.0. The highest BCUT2D eigenvalue weighted by Gasteiger charge is 2.03. The van der Waals surface area contributed by atoms with E-state index in [0.717, 1.165) is 16.9 Å². The molecule has 22 heavy (non-hydrogen) atoms.